The molecule has 0 aliphatic heterocycles. The highest BCUT2D eigenvalue weighted by molar-refractivity contribution is 5.46. The van der Waals surface area contributed by atoms with Gasteiger partial charge in [0.05, 0.1) is 0 Å². The molecule has 0 amide bonds. The molecule has 0 saturated heterocycles. The maximum absolute atomic E-state index is 13.3. The van der Waals surface area contributed by atoms with Gasteiger partial charge >= 0.3 is 12.0 Å². The van der Waals surface area contributed by atoms with Gasteiger partial charge in [0, 0.05) is 19.2 Å². The molecule has 0 spiro atoms. The van der Waals surface area contributed by atoms with E-state index in [0.29, 0.717) is 12.6 Å². The van der Waals surface area contributed by atoms with Crippen molar-refractivity contribution in [3.8, 4) is 0 Å². The number of nitrogens with zero attached hydrogens (tertiary/aromatic N) is 1. The van der Waals surface area contributed by atoms with E-state index in [0.717, 1.165) is 0 Å². The van der Waals surface area contributed by atoms with Crippen LogP contribution in [0.25, 0.3) is 0 Å². The van der Waals surface area contributed by atoms with Gasteiger partial charge in [-0.05, 0) is 12.1 Å². The summed E-state index contributed by atoms with van der Waals surface area (Å²) in [5.41, 5.74) is 0.625. The highest BCUT2D eigenvalue weighted by atomic mass is 19.4. The Balaban J connectivity index is 2.74. The number of anilines is 1. The number of hydrogen-bond acceptors (Lipinski definition) is 2. The number of halogens is 4. The summed E-state index contributed by atoms with van der Waals surface area (Å²) < 4.78 is 54.7. The van der Waals surface area contributed by atoms with E-state index in [1.54, 1.807) is 30.3 Å². The van der Waals surface area contributed by atoms with Gasteiger partial charge in [-0.2, -0.15) is 13.2 Å². The van der Waals surface area contributed by atoms with Gasteiger partial charge in [-0.1, -0.05) is 24.3 Å². The SMILES string of the molecule is C=CCN(COC(C)(F)C(F)(F)F)c1ccccc1. The Hall–Kier alpha value is -1.56. The van der Waals surface area contributed by atoms with E-state index in [2.05, 4.69) is 11.3 Å². The van der Waals surface area contributed by atoms with Gasteiger partial charge in [0.15, 0.2) is 0 Å². The lowest BCUT2D eigenvalue weighted by molar-refractivity contribution is -0.324. The van der Waals surface area contributed by atoms with Crippen molar-refractivity contribution in [3.63, 3.8) is 0 Å². The molecule has 0 radical (unpaired) electrons. The predicted octanol–water partition coefficient (Wildman–Crippen LogP) is 3.90. The monoisotopic (exact) mass is 277 g/mol. The number of para-hydroxylation sites is 1. The Morgan fingerprint density at radius 3 is 2.26 bits per heavy atom. The van der Waals surface area contributed by atoms with Crippen molar-refractivity contribution < 1.29 is 22.3 Å². The summed E-state index contributed by atoms with van der Waals surface area (Å²) in [6, 6.07) is 8.60. The van der Waals surface area contributed by atoms with Crippen molar-refractivity contribution >= 4 is 5.69 Å². The molecule has 2 nitrogen and oxygen atoms in total. The van der Waals surface area contributed by atoms with Crippen LogP contribution in [0.2, 0.25) is 0 Å². The van der Waals surface area contributed by atoms with Crippen LogP contribution in [-0.2, 0) is 4.74 Å². The maximum Gasteiger partial charge on any atom is 0.448 e. The van der Waals surface area contributed by atoms with Crippen LogP contribution in [-0.4, -0.2) is 25.3 Å². The third-order valence-electron chi connectivity index (χ3n) is 2.47. The molecule has 0 fully saturated rings. The standard InChI is InChI=1S/C13H15F4NO/c1-3-9-18(11-7-5-4-6-8-11)10-19-12(2,14)13(15,16)17/h3-8H,1,9-10H2,2H3. The first kappa shape index (κ1) is 15.5. The minimum Gasteiger partial charge on any atom is -0.345 e. The van der Waals surface area contributed by atoms with Crippen molar-refractivity contribution in [2.45, 2.75) is 19.0 Å². The summed E-state index contributed by atoms with van der Waals surface area (Å²) in [7, 11) is 0. The van der Waals surface area contributed by atoms with Crippen LogP contribution in [0.4, 0.5) is 23.2 Å². The van der Waals surface area contributed by atoms with Crippen LogP contribution in [0.15, 0.2) is 43.0 Å². The van der Waals surface area contributed by atoms with Gasteiger partial charge in [0.2, 0.25) is 0 Å². The fraction of sp³-hybridized carbons (Fsp3) is 0.385. The smallest absolute Gasteiger partial charge is 0.345 e. The van der Waals surface area contributed by atoms with Crippen molar-refractivity contribution in [1.29, 1.82) is 0 Å². The molecule has 0 aromatic heterocycles. The zero-order valence-corrected chi connectivity index (χ0v) is 10.5. The average Bonchev–Trinajstić information content (AvgIpc) is 2.34. The van der Waals surface area contributed by atoms with Gasteiger partial charge in [0.25, 0.3) is 0 Å². The van der Waals surface area contributed by atoms with E-state index in [9.17, 15) is 17.6 Å². The molecule has 0 aliphatic carbocycles. The number of benzene rings is 1. The minimum absolute atomic E-state index is 0.248. The molecule has 106 valence electrons. The van der Waals surface area contributed by atoms with Gasteiger partial charge in [0.1, 0.15) is 6.73 Å². The van der Waals surface area contributed by atoms with Crippen LogP contribution in [0.3, 0.4) is 0 Å². The molecule has 0 aliphatic rings. The first-order chi connectivity index (χ1) is 8.78. The van der Waals surface area contributed by atoms with Crippen LogP contribution >= 0.6 is 0 Å². The third-order valence-corrected chi connectivity index (χ3v) is 2.47. The molecular weight excluding hydrogens is 262 g/mol. The maximum atomic E-state index is 13.3. The second kappa shape index (κ2) is 6.06. The van der Waals surface area contributed by atoms with E-state index in [4.69, 9.17) is 0 Å². The normalized spacial score (nSPS) is 14.8. The van der Waals surface area contributed by atoms with E-state index in [-0.39, 0.29) is 6.54 Å². The van der Waals surface area contributed by atoms with Crippen LogP contribution in [0, 0.1) is 0 Å². The lowest BCUT2D eigenvalue weighted by Crippen LogP contribution is -2.43. The second-order valence-corrected chi connectivity index (χ2v) is 4.03. The van der Waals surface area contributed by atoms with E-state index >= 15 is 0 Å². The molecule has 0 bridgehead atoms. The molecule has 0 heterocycles. The van der Waals surface area contributed by atoms with Gasteiger partial charge < -0.3 is 9.64 Å². The molecule has 1 unspecified atom stereocenters. The minimum atomic E-state index is -5.07. The Morgan fingerprint density at radius 2 is 1.79 bits per heavy atom. The Kier molecular flexibility index (Phi) is 4.94. The van der Waals surface area contributed by atoms with Gasteiger partial charge in [-0.3, -0.25) is 0 Å². The largest absolute Gasteiger partial charge is 0.448 e. The summed E-state index contributed by atoms with van der Waals surface area (Å²) in [6.45, 7) is 3.58. The zero-order valence-electron chi connectivity index (χ0n) is 10.5. The van der Waals surface area contributed by atoms with E-state index < -0.39 is 18.8 Å². The lowest BCUT2D eigenvalue weighted by Gasteiger charge is -2.29. The average molecular weight is 277 g/mol. The third kappa shape index (κ3) is 4.24. The molecule has 1 atom stereocenters. The molecular formula is C13H15F4NO. The van der Waals surface area contributed by atoms with Crippen molar-refractivity contribution in [2.75, 3.05) is 18.2 Å². The van der Waals surface area contributed by atoms with Crippen LogP contribution in [0.5, 0.6) is 0 Å². The first-order valence-corrected chi connectivity index (χ1v) is 5.58. The highest BCUT2D eigenvalue weighted by Crippen LogP contribution is 2.34. The van der Waals surface area contributed by atoms with Crippen LogP contribution in [0.1, 0.15) is 6.92 Å². The molecule has 1 rings (SSSR count). The Morgan fingerprint density at radius 1 is 1.21 bits per heavy atom. The summed E-state index contributed by atoms with van der Waals surface area (Å²) in [5.74, 6) is -3.68. The summed E-state index contributed by atoms with van der Waals surface area (Å²) in [4.78, 5) is 1.44. The Bertz CT molecular complexity index is 403. The summed E-state index contributed by atoms with van der Waals surface area (Å²) in [6.07, 6.45) is -3.57. The fourth-order valence-corrected chi connectivity index (χ4v) is 1.31. The topological polar surface area (TPSA) is 12.5 Å². The van der Waals surface area contributed by atoms with E-state index in [1.165, 1.54) is 11.0 Å². The quantitative estimate of drug-likeness (QED) is 0.444. The number of rotatable bonds is 6. The van der Waals surface area contributed by atoms with E-state index in [1.807, 2.05) is 0 Å². The first-order valence-electron chi connectivity index (χ1n) is 5.58. The molecule has 1 aromatic rings. The second-order valence-electron chi connectivity index (χ2n) is 4.03. The van der Waals surface area contributed by atoms with Crippen molar-refractivity contribution in [1.82, 2.24) is 0 Å². The molecule has 0 N–H and O–H groups in total. The zero-order chi connectivity index (χ0) is 14.5. The molecule has 1 aromatic carbocycles. The van der Waals surface area contributed by atoms with Crippen LogP contribution < -0.4 is 4.90 Å². The number of ether oxygens (including phenoxy) is 1. The molecule has 19 heavy (non-hydrogen) atoms. The lowest BCUT2D eigenvalue weighted by atomic mass is 10.3. The van der Waals surface area contributed by atoms with Crippen molar-refractivity contribution in [3.05, 3.63) is 43.0 Å². The number of hydrogen-bond donors (Lipinski definition) is 0. The van der Waals surface area contributed by atoms with Crippen molar-refractivity contribution in [2.24, 2.45) is 0 Å². The van der Waals surface area contributed by atoms with Gasteiger partial charge in [-0.15, -0.1) is 6.58 Å². The fourth-order valence-electron chi connectivity index (χ4n) is 1.31. The Labute approximate surface area is 109 Å². The predicted molar refractivity (Wildman–Crippen MR) is 65.5 cm³/mol. The van der Waals surface area contributed by atoms with Gasteiger partial charge in [-0.25, -0.2) is 4.39 Å². The molecule has 6 heteroatoms. The summed E-state index contributed by atoms with van der Waals surface area (Å²) >= 11 is 0. The number of alkyl halides is 4. The summed E-state index contributed by atoms with van der Waals surface area (Å²) in [5, 5.41) is 0. The molecule has 0 saturated carbocycles. The highest BCUT2D eigenvalue weighted by Gasteiger charge is 2.53.